The zero-order chi connectivity index (χ0) is 15.0. The maximum atomic E-state index is 12.7. The van der Waals surface area contributed by atoms with Gasteiger partial charge in [0.2, 0.25) is 4.96 Å². The topological polar surface area (TPSA) is 52.3 Å². The van der Waals surface area contributed by atoms with E-state index in [0.717, 1.165) is 15.8 Å². The van der Waals surface area contributed by atoms with Crippen molar-refractivity contribution in [2.45, 2.75) is 12.8 Å². The highest BCUT2D eigenvalue weighted by Crippen LogP contribution is 2.29. The van der Waals surface area contributed by atoms with Crippen LogP contribution in [0.2, 0.25) is 0 Å². The molecule has 0 aliphatic heterocycles. The lowest BCUT2D eigenvalue weighted by atomic mass is 10.3. The third-order valence-electron chi connectivity index (χ3n) is 2.46. The number of aromatic nitrogens is 4. The van der Waals surface area contributed by atoms with Gasteiger partial charge in [-0.2, -0.15) is 22.8 Å². The van der Waals surface area contributed by atoms with Gasteiger partial charge in [-0.1, -0.05) is 27.3 Å². The molecule has 3 rings (SSSR count). The van der Waals surface area contributed by atoms with Crippen LogP contribution < -0.4 is 4.74 Å². The average Bonchev–Trinajstić information content (AvgIpc) is 2.96. The molecule has 3 aromatic rings. The van der Waals surface area contributed by atoms with E-state index in [0.29, 0.717) is 15.3 Å². The van der Waals surface area contributed by atoms with Gasteiger partial charge in [0.25, 0.3) is 5.82 Å². The molecule has 0 spiro atoms. The minimum absolute atomic E-state index is 0.0625. The molecule has 0 saturated carbocycles. The summed E-state index contributed by atoms with van der Waals surface area (Å²) in [7, 11) is 0. The van der Waals surface area contributed by atoms with Gasteiger partial charge in [-0.05, 0) is 24.3 Å². The molecule has 5 nitrogen and oxygen atoms in total. The lowest BCUT2D eigenvalue weighted by Crippen LogP contribution is -2.11. The Balaban J connectivity index is 1.79. The Morgan fingerprint density at radius 1 is 1.19 bits per heavy atom. The molecule has 0 radical (unpaired) electrons. The summed E-state index contributed by atoms with van der Waals surface area (Å²) >= 11 is 4.30. The number of hydrogen-bond acceptors (Lipinski definition) is 5. The molecule has 1 aromatic carbocycles. The summed E-state index contributed by atoms with van der Waals surface area (Å²) < 4.78 is 45.0. The van der Waals surface area contributed by atoms with Crippen molar-refractivity contribution in [3.05, 3.63) is 39.6 Å². The normalized spacial score (nSPS) is 12.0. The molecule has 0 unspecified atom stereocenters. The first-order valence-electron chi connectivity index (χ1n) is 5.60. The third-order valence-corrected chi connectivity index (χ3v) is 3.86. The predicted molar refractivity (Wildman–Crippen MR) is 72.1 cm³/mol. The van der Waals surface area contributed by atoms with E-state index in [2.05, 4.69) is 31.2 Å². The maximum Gasteiger partial charge on any atom is 0.453 e. The largest absolute Gasteiger partial charge is 0.486 e. The molecule has 110 valence electrons. The number of rotatable bonds is 3. The summed E-state index contributed by atoms with van der Waals surface area (Å²) in [5.74, 6) is -0.538. The molecule has 0 atom stereocenters. The standard InChI is InChI=1S/C11H6BrF3N4OS/c12-6-1-3-7(4-2-6)20-5-8-18-19-9(11(13,14)15)16-17-10(19)21-8/h1-4H,5H2. The molecule has 0 amide bonds. The van der Waals surface area contributed by atoms with Crippen LogP contribution in [0.5, 0.6) is 5.75 Å². The fraction of sp³-hybridized carbons (Fsp3) is 0.182. The number of alkyl halides is 3. The van der Waals surface area contributed by atoms with Gasteiger partial charge in [0.05, 0.1) is 0 Å². The van der Waals surface area contributed by atoms with Gasteiger partial charge in [-0.3, -0.25) is 0 Å². The SMILES string of the molecule is FC(F)(F)c1nnc2sc(COc3ccc(Br)cc3)nn12. The van der Waals surface area contributed by atoms with E-state index >= 15 is 0 Å². The van der Waals surface area contributed by atoms with Crippen molar-refractivity contribution < 1.29 is 17.9 Å². The molecule has 0 saturated heterocycles. The second-order valence-corrected chi connectivity index (χ2v) is 5.91. The van der Waals surface area contributed by atoms with Crippen molar-refractivity contribution >= 4 is 32.2 Å². The molecule has 2 aromatic heterocycles. The van der Waals surface area contributed by atoms with Crippen molar-refractivity contribution in [1.29, 1.82) is 0 Å². The average molecular weight is 379 g/mol. The van der Waals surface area contributed by atoms with E-state index in [4.69, 9.17) is 4.74 Å². The quantitative estimate of drug-likeness (QED) is 0.699. The van der Waals surface area contributed by atoms with E-state index in [1.165, 1.54) is 0 Å². The van der Waals surface area contributed by atoms with Gasteiger partial charge in [0.1, 0.15) is 12.4 Å². The molecule has 2 heterocycles. The van der Waals surface area contributed by atoms with Gasteiger partial charge in [0, 0.05) is 4.47 Å². The number of benzene rings is 1. The van der Waals surface area contributed by atoms with Crippen LogP contribution in [0.4, 0.5) is 13.2 Å². The second-order valence-electron chi connectivity index (χ2n) is 3.95. The fourth-order valence-electron chi connectivity index (χ4n) is 1.57. The van der Waals surface area contributed by atoms with Crippen molar-refractivity contribution in [2.24, 2.45) is 0 Å². The van der Waals surface area contributed by atoms with Gasteiger partial charge in [0.15, 0.2) is 5.01 Å². The van der Waals surface area contributed by atoms with Gasteiger partial charge < -0.3 is 4.74 Å². The van der Waals surface area contributed by atoms with E-state index in [1.54, 1.807) is 24.3 Å². The highest BCUT2D eigenvalue weighted by molar-refractivity contribution is 9.10. The number of hydrogen-bond donors (Lipinski definition) is 0. The van der Waals surface area contributed by atoms with Crippen LogP contribution >= 0.6 is 27.3 Å². The van der Waals surface area contributed by atoms with E-state index in [1.807, 2.05) is 0 Å². The van der Waals surface area contributed by atoms with Crippen LogP contribution in [-0.4, -0.2) is 19.8 Å². The second kappa shape index (κ2) is 5.26. The first kappa shape index (κ1) is 14.3. The number of ether oxygens (including phenoxy) is 1. The Kier molecular flexibility index (Phi) is 3.57. The Labute approximate surface area is 128 Å². The highest BCUT2D eigenvalue weighted by Gasteiger charge is 2.38. The number of nitrogens with zero attached hydrogens (tertiary/aromatic N) is 4. The van der Waals surface area contributed by atoms with Gasteiger partial charge in [-0.25, -0.2) is 0 Å². The zero-order valence-electron chi connectivity index (χ0n) is 10.1. The molecular weight excluding hydrogens is 373 g/mol. The van der Waals surface area contributed by atoms with Crippen molar-refractivity contribution in [1.82, 2.24) is 19.8 Å². The van der Waals surface area contributed by atoms with E-state index in [-0.39, 0.29) is 11.6 Å². The Morgan fingerprint density at radius 3 is 2.57 bits per heavy atom. The predicted octanol–water partition coefficient (Wildman–Crippen LogP) is 3.55. The first-order chi connectivity index (χ1) is 9.93. The first-order valence-corrected chi connectivity index (χ1v) is 7.21. The summed E-state index contributed by atoms with van der Waals surface area (Å²) in [6, 6.07) is 7.09. The van der Waals surface area contributed by atoms with Crippen molar-refractivity contribution in [3.8, 4) is 5.75 Å². The molecule has 10 heteroatoms. The monoisotopic (exact) mass is 378 g/mol. The molecule has 0 bridgehead atoms. The van der Waals surface area contributed by atoms with Crippen LogP contribution in [0.25, 0.3) is 4.96 Å². The molecular formula is C11H6BrF3N4OS. The lowest BCUT2D eigenvalue weighted by Gasteiger charge is -2.03. The van der Waals surface area contributed by atoms with Gasteiger partial charge >= 0.3 is 6.18 Å². The smallest absolute Gasteiger partial charge is 0.453 e. The molecule has 0 aliphatic carbocycles. The summed E-state index contributed by atoms with van der Waals surface area (Å²) in [6.45, 7) is 0.0625. The van der Waals surface area contributed by atoms with Crippen LogP contribution in [0.15, 0.2) is 28.7 Å². The third kappa shape index (κ3) is 3.00. The van der Waals surface area contributed by atoms with Crippen LogP contribution in [0.1, 0.15) is 10.8 Å². The zero-order valence-corrected chi connectivity index (χ0v) is 12.5. The Bertz CT molecular complexity index is 768. The fourth-order valence-corrected chi connectivity index (χ4v) is 2.58. The number of halogens is 4. The summed E-state index contributed by atoms with van der Waals surface area (Å²) in [5, 5.41) is 10.8. The minimum atomic E-state index is -4.59. The Hall–Kier alpha value is -1.68. The summed E-state index contributed by atoms with van der Waals surface area (Å²) in [4.78, 5) is 0.0803. The van der Waals surface area contributed by atoms with E-state index < -0.39 is 12.0 Å². The molecule has 0 aliphatic rings. The van der Waals surface area contributed by atoms with Crippen LogP contribution in [-0.2, 0) is 12.8 Å². The van der Waals surface area contributed by atoms with Crippen LogP contribution in [0.3, 0.4) is 0 Å². The lowest BCUT2D eigenvalue weighted by molar-refractivity contribution is -0.146. The van der Waals surface area contributed by atoms with Crippen LogP contribution in [0, 0.1) is 0 Å². The van der Waals surface area contributed by atoms with Gasteiger partial charge in [-0.15, -0.1) is 10.2 Å². The summed E-state index contributed by atoms with van der Waals surface area (Å²) in [6.07, 6.45) is -4.59. The number of fused-ring (bicyclic) bond motifs is 1. The van der Waals surface area contributed by atoms with Crippen molar-refractivity contribution in [2.75, 3.05) is 0 Å². The van der Waals surface area contributed by atoms with E-state index in [9.17, 15) is 13.2 Å². The molecule has 0 N–H and O–H groups in total. The Morgan fingerprint density at radius 2 is 1.90 bits per heavy atom. The highest BCUT2D eigenvalue weighted by atomic mass is 79.9. The van der Waals surface area contributed by atoms with Crippen molar-refractivity contribution in [3.63, 3.8) is 0 Å². The summed E-state index contributed by atoms with van der Waals surface area (Å²) in [5.41, 5.74) is 0. The molecule has 0 fully saturated rings. The maximum absolute atomic E-state index is 12.7. The minimum Gasteiger partial charge on any atom is -0.486 e. The molecule has 21 heavy (non-hydrogen) atoms.